The lowest BCUT2D eigenvalue weighted by Gasteiger charge is -2.22. The second-order valence-corrected chi connectivity index (χ2v) is 3.97. The smallest absolute Gasteiger partial charge is 0.110 e. The molecule has 0 bridgehead atoms. The summed E-state index contributed by atoms with van der Waals surface area (Å²) in [4.78, 5) is 9.31. The number of aliphatic hydroxyl groups excluding tert-OH is 2. The zero-order chi connectivity index (χ0) is 11.9. The van der Waals surface area contributed by atoms with E-state index in [1.165, 1.54) is 13.8 Å². The summed E-state index contributed by atoms with van der Waals surface area (Å²) in [6.07, 6.45) is 0. The van der Waals surface area contributed by atoms with E-state index in [4.69, 9.17) is 10.2 Å². The Morgan fingerprint density at radius 3 is 1.53 bits per heavy atom. The number of hydrogen-bond donors (Lipinski definition) is 5. The van der Waals surface area contributed by atoms with Crippen LogP contribution < -0.4 is 5.64 Å². The topological polar surface area (TPSA) is 111 Å². The Hall–Kier alpha value is -0.280. The van der Waals surface area contributed by atoms with E-state index >= 15 is 0 Å². The second-order valence-electron chi connectivity index (χ2n) is 3.97. The molecule has 0 saturated carbocycles. The molecule has 0 aliphatic rings. The summed E-state index contributed by atoms with van der Waals surface area (Å²) in [5, 5.41) is 35.8. The second kappa shape index (κ2) is 6.33. The molecule has 92 valence electrons. The molecule has 0 aromatic heterocycles. The molecule has 0 radical (unpaired) electrons. The van der Waals surface area contributed by atoms with Crippen molar-refractivity contribution in [1.82, 2.24) is 5.64 Å². The summed E-state index contributed by atoms with van der Waals surface area (Å²) in [5.74, 6) is 0. The molecule has 0 amide bonds. The fourth-order valence-corrected chi connectivity index (χ4v) is 0.503. The molecule has 7 heteroatoms. The molecule has 2 unspecified atom stereocenters. The highest BCUT2D eigenvalue weighted by atomic mass is 16.9. The van der Waals surface area contributed by atoms with Crippen LogP contribution in [0.15, 0.2) is 0 Å². The van der Waals surface area contributed by atoms with Gasteiger partial charge in [-0.05, 0) is 13.8 Å². The average molecular weight is 225 g/mol. The molecule has 5 N–H and O–H groups in total. The van der Waals surface area contributed by atoms with E-state index in [-0.39, 0.29) is 13.2 Å². The van der Waals surface area contributed by atoms with Crippen LogP contribution in [0.1, 0.15) is 13.8 Å². The van der Waals surface area contributed by atoms with Crippen molar-refractivity contribution in [2.24, 2.45) is 0 Å². The molecule has 0 saturated heterocycles. The summed E-state index contributed by atoms with van der Waals surface area (Å²) in [5.41, 5.74) is -0.679. The highest BCUT2D eigenvalue weighted by molar-refractivity contribution is 4.69. The van der Waals surface area contributed by atoms with E-state index < -0.39 is 24.4 Å². The molecular weight excluding hydrogens is 206 g/mol. The Kier molecular flexibility index (Phi) is 6.22. The van der Waals surface area contributed by atoms with Gasteiger partial charge in [0, 0.05) is 0 Å². The molecule has 0 aliphatic heterocycles. The highest BCUT2D eigenvalue weighted by Gasteiger charge is 2.21. The van der Waals surface area contributed by atoms with E-state index in [1.807, 2.05) is 5.64 Å². The van der Waals surface area contributed by atoms with Crippen molar-refractivity contribution in [3.63, 3.8) is 0 Å². The maximum absolute atomic E-state index is 9.27. The van der Waals surface area contributed by atoms with Crippen LogP contribution in [0.5, 0.6) is 0 Å². The Balaban J connectivity index is 3.48. The molecular formula is C8H19NO6. The van der Waals surface area contributed by atoms with Crippen LogP contribution >= 0.6 is 0 Å². The number of rotatable bonds is 8. The van der Waals surface area contributed by atoms with Gasteiger partial charge in [-0.2, -0.15) is 0 Å². The van der Waals surface area contributed by atoms with E-state index in [1.54, 1.807) is 0 Å². The molecule has 0 aromatic rings. The first kappa shape index (κ1) is 14.7. The standard InChI is InChI=1S/C8H19NO6/c1-7(12,3-10)5-14-9-15-6-8(2,13)4-11/h9-13H,3-6H2,1-2H3. The predicted octanol–water partition coefficient (Wildman–Crippen LogP) is -2.07. The minimum absolute atomic E-state index is 0.176. The number of aliphatic hydroxyl groups is 4. The van der Waals surface area contributed by atoms with Gasteiger partial charge in [0.2, 0.25) is 0 Å². The van der Waals surface area contributed by atoms with Crippen LogP contribution in [0.4, 0.5) is 0 Å². The predicted molar refractivity (Wildman–Crippen MR) is 50.5 cm³/mol. The first-order valence-electron chi connectivity index (χ1n) is 4.48. The van der Waals surface area contributed by atoms with Gasteiger partial charge in [0.1, 0.15) is 24.4 Å². The van der Waals surface area contributed by atoms with Gasteiger partial charge < -0.3 is 20.4 Å². The van der Waals surface area contributed by atoms with E-state index in [9.17, 15) is 10.2 Å². The maximum Gasteiger partial charge on any atom is 0.110 e. The molecule has 0 rings (SSSR count). The lowest BCUT2D eigenvalue weighted by molar-refractivity contribution is -0.224. The molecule has 0 aliphatic carbocycles. The van der Waals surface area contributed by atoms with Crippen molar-refractivity contribution in [2.75, 3.05) is 26.4 Å². The van der Waals surface area contributed by atoms with Crippen LogP contribution in [0.25, 0.3) is 0 Å². The monoisotopic (exact) mass is 225 g/mol. The van der Waals surface area contributed by atoms with Crippen molar-refractivity contribution >= 4 is 0 Å². The lowest BCUT2D eigenvalue weighted by atomic mass is 10.1. The highest BCUT2D eigenvalue weighted by Crippen LogP contribution is 2.02. The summed E-state index contributed by atoms with van der Waals surface area (Å²) < 4.78 is 0. The molecule has 15 heavy (non-hydrogen) atoms. The summed E-state index contributed by atoms with van der Waals surface area (Å²) in [6, 6.07) is 0. The SMILES string of the molecule is CC(O)(CO)CONOCC(C)(O)CO. The van der Waals surface area contributed by atoms with E-state index in [2.05, 4.69) is 9.68 Å². The van der Waals surface area contributed by atoms with Gasteiger partial charge in [-0.1, -0.05) is 5.64 Å². The summed E-state index contributed by atoms with van der Waals surface area (Å²) in [6.45, 7) is 1.54. The number of hydrogen-bond acceptors (Lipinski definition) is 7. The van der Waals surface area contributed by atoms with Crippen LogP contribution in [0.3, 0.4) is 0 Å². The molecule has 0 fully saturated rings. The fraction of sp³-hybridized carbons (Fsp3) is 1.00. The van der Waals surface area contributed by atoms with Crippen LogP contribution in [-0.4, -0.2) is 58.1 Å². The lowest BCUT2D eigenvalue weighted by Crippen LogP contribution is -2.40. The summed E-state index contributed by atoms with van der Waals surface area (Å²) >= 11 is 0. The zero-order valence-electron chi connectivity index (χ0n) is 8.93. The summed E-state index contributed by atoms with van der Waals surface area (Å²) in [7, 11) is 0. The minimum Gasteiger partial charge on any atom is -0.393 e. The van der Waals surface area contributed by atoms with Crippen LogP contribution in [-0.2, 0) is 9.68 Å². The van der Waals surface area contributed by atoms with Gasteiger partial charge in [0.25, 0.3) is 0 Å². The van der Waals surface area contributed by atoms with Gasteiger partial charge in [0.05, 0.1) is 13.2 Å². The fourth-order valence-electron chi connectivity index (χ4n) is 0.503. The number of nitrogens with one attached hydrogen (secondary N) is 1. The van der Waals surface area contributed by atoms with Crippen LogP contribution in [0.2, 0.25) is 0 Å². The molecule has 0 heterocycles. The largest absolute Gasteiger partial charge is 0.393 e. The van der Waals surface area contributed by atoms with E-state index in [0.717, 1.165) is 0 Å². The molecule has 7 nitrogen and oxygen atoms in total. The average Bonchev–Trinajstić information content (AvgIpc) is 2.17. The zero-order valence-corrected chi connectivity index (χ0v) is 8.93. The van der Waals surface area contributed by atoms with Gasteiger partial charge in [0.15, 0.2) is 0 Å². The van der Waals surface area contributed by atoms with Gasteiger partial charge in [-0.3, -0.25) is 9.68 Å². The Labute approximate surface area is 88.2 Å². The van der Waals surface area contributed by atoms with Crippen molar-refractivity contribution in [3.05, 3.63) is 0 Å². The Morgan fingerprint density at radius 1 is 0.933 bits per heavy atom. The molecule has 0 spiro atoms. The van der Waals surface area contributed by atoms with Gasteiger partial charge in [-0.25, -0.2) is 0 Å². The van der Waals surface area contributed by atoms with Crippen molar-refractivity contribution in [1.29, 1.82) is 0 Å². The maximum atomic E-state index is 9.27. The normalized spacial score (nSPS) is 19.6. The Bertz CT molecular complexity index is 155. The van der Waals surface area contributed by atoms with Crippen molar-refractivity contribution < 1.29 is 30.1 Å². The quantitative estimate of drug-likeness (QED) is 0.238. The third-order valence-electron chi connectivity index (χ3n) is 1.57. The van der Waals surface area contributed by atoms with Crippen molar-refractivity contribution in [3.8, 4) is 0 Å². The van der Waals surface area contributed by atoms with E-state index in [0.29, 0.717) is 0 Å². The minimum atomic E-state index is -1.35. The molecule has 2 atom stereocenters. The van der Waals surface area contributed by atoms with Crippen molar-refractivity contribution in [2.45, 2.75) is 25.0 Å². The van der Waals surface area contributed by atoms with Gasteiger partial charge >= 0.3 is 0 Å². The third kappa shape index (κ3) is 7.63. The third-order valence-corrected chi connectivity index (χ3v) is 1.57. The molecule has 0 aromatic carbocycles. The van der Waals surface area contributed by atoms with Crippen LogP contribution in [0, 0.1) is 0 Å². The van der Waals surface area contributed by atoms with Gasteiger partial charge in [-0.15, -0.1) is 0 Å². The first-order chi connectivity index (χ1) is 6.83. The first-order valence-corrected chi connectivity index (χ1v) is 4.48. The Morgan fingerprint density at radius 2 is 1.27 bits per heavy atom.